The lowest BCUT2D eigenvalue weighted by atomic mass is 9.91. The Bertz CT molecular complexity index is 1350. The molecule has 0 saturated carbocycles. The molecule has 2 aliphatic heterocycles. The van der Waals surface area contributed by atoms with E-state index in [1.807, 2.05) is 24.3 Å². The SMILES string of the molecule is O=C(c1ccc2c(c1)OCCO2)N1CCc2c([nH]c3ccccc23)[C@H]1c1ccccc1F. The molecule has 3 aromatic carbocycles. The van der Waals surface area contributed by atoms with E-state index in [0.29, 0.717) is 48.8 Å². The van der Waals surface area contributed by atoms with Gasteiger partial charge in [0, 0.05) is 34.3 Å². The monoisotopic (exact) mass is 428 g/mol. The van der Waals surface area contributed by atoms with Gasteiger partial charge in [-0.15, -0.1) is 0 Å². The first kappa shape index (κ1) is 18.9. The number of nitrogens with zero attached hydrogens (tertiary/aromatic N) is 1. The van der Waals surface area contributed by atoms with Gasteiger partial charge in [0.2, 0.25) is 0 Å². The predicted molar refractivity (Wildman–Crippen MR) is 119 cm³/mol. The van der Waals surface area contributed by atoms with Gasteiger partial charge >= 0.3 is 0 Å². The first-order valence-corrected chi connectivity index (χ1v) is 10.8. The van der Waals surface area contributed by atoms with Crippen LogP contribution in [0.5, 0.6) is 11.5 Å². The highest BCUT2D eigenvalue weighted by Gasteiger charge is 2.36. The van der Waals surface area contributed by atoms with Gasteiger partial charge in [0.1, 0.15) is 25.1 Å². The summed E-state index contributed by atoms with van der Waals surface area (Å²) >= 11 is 0. The maximum atomic E-state index is 15.0. The molecule has 0 radical (unpaired) electrons. The van der Waals surface area contributed by atoms with Crippen LogP contribution in [0.4, 0.5) is 4.39 Å². The van der Waals surface area contributed by atoms with Crippen molar-refractivity contribution in [1.82, 2.24) is 9.88 Å². The molecule has 0 aliphatic carbocycles. The van der Waals surface area contributed by atoms with Crippen molar-refractivity contribution in [2.45, 2.75) is 12.5 Å². The zero-order chi connectivity index (χ0) is 21.7. The maximum Gasteiger partial charge on any atom is 0.254 e. The number of rotatable bonds is 2. The Labute approximate surface area is 184 Å². The van der Waals surface area contributed by atoms with Crippen LogP contribution < -0.4 is 9.47 Å². The Balaban J connectivity index is 1.48. The van der Waals surface area contributed by atoms with Gasteiger partial charge < -0.3 is 19.4 Å². The topological polar surface area (TPSA) is 54.6 Å². The average Bonchev–Trinajstić information content (AvgIpc) is 3.22. The first-order valence-electron chi connectivity index (χ1n) is 10.8. The van der Waals surface area contributed by atoms with Crippen LogP contribution in [0, 0.1) is 5.82 Å². The minimum Gasteiger partial charge on any atom is -0.486 e. The normalized spacial score (nSPS) is 17.3. The molecule has 3 heterocycles. The summed E-state index contributed by atoms with van der Waals surface area (Å²) in [6, 6.07) is 19.4. The van der Waals surface area contributed by atoms with E-state index in [4.69, 9.17) is 9.47 Å². The molecule has 6 rings (SSSR count). The number of para-hydroxylation sites is 1. The summed E-state index contributed by atoms with van der Waals surface area (Å²) < 4.78 is 26.3. The molecule has 160 valence electrons. The summed E-state index contributed by atoms with van der Waals surface area (Å²) in [6.45, 7) is 1.43. The number of ether oxygens (including phenoxy) is 2. The van der Waals surface area contributed by atoms with Crippen molar-refractivity contribution < 1.29 is 18.7 Å². The fourth-order valence-electron chi connectivity index (χ4n) is 4.82. The Morgan fingerprint density at radius 2 is 1.75 bits per heavy atom. The summed E-state index contributed by atoms with van der Waals surface area (Å²) in [5.74, 6) is 0.700. The van der Waals surface area contributed by atoms with Crippen molar-refractivity contribution in [2.24, 2.45) is 0 Å². The second-order valence-electron chi connectivity index (χ2n) is 8.09. The number of aromatic nitrogens is 1. The molecule has 4 aromatic rings. The van der Waals surface area contributed by atoms with Gasteiger partial charge in [0.15, 0.2) is 11.5 Å². The van der Waals surface area contributed by atoms with Gasteiger partial charge in [-0.25, -0.2) is 4.39 Å². The summed E-state index contributed by atoms with van der Waals surface area (Å²) in [5.41, 5.74) is 3.97. The Morgan fingerprint density at radius 3 is 2.62 bits per heavy atom. The highest BCUT2D eigenvalue weighted by atomic mass is 19.1. The van der Waals surface area contributed by atoms with Crippen molar-refractivity contribution in [3.8, 4) is 11.5 Å². The third-order valence-corrected chi connectivity index (χ3v) is 6.28. The number of benzene rings is 3. The highest BCUT2D eigenvalue weighted by molar-refractivity contribution is 5.96. The Morgan fingerprint density at radius 1 is 0.969 bits per heavy atom. The van der Waals surface area contributed by atoms with Crippen LogP contribution in [-0.4, -0.2) is 35.5 Å². The van der Waals surface area contributed by atoms with E-state index < -0.39 is 6.04 Å². The van der Waals surface area contributed by atoms with E-state index in [9.17, 15) is 9.18 Å². The molecule has 1 aromatic heterocycles. The van der Waals surface area contributed by atoms with Crippen LogP contribution in [0.15, 0.2) is 66.7 Å². The van der Waals surface area contributed by atoms with Crippen LogP contribution in [0.1, 0.15) is 33.2 Å². The number of aromatic amines is 1. The maximum absolute atomic E-state index is 15.0. The average molecular weight is 428 g/mol. The highest BCUT2D eigenvalue weighted by Crippen LogP contribution is 2.40. The predicted octanol–water partition coefficient (Wildman–Crippen LogP) is 4.87. The molecule has 2 aliphatic rings. The van der Waals surface area contributed by atoms with Gasteiger partial charge in [0.05, 0.1) is 0 Å². The summed E-state index contributed by atoms with van der Waals surface area (Å²) in [5, 5.41) is 1.12. The number of carbonyl (C=O) groups excluding carboxylic acids is 1. The summed E-state index contributed by atoms with van der Waals surface area (Å²) in [4.78, 5) is 18.9. The van der Waals surface area contributed by atoms with E-state index >= 15 is 0 Å². The third-order valence-electron chi connectivity index (χ3n) is 6.28. The number of hydrogen-bond acceptors (Lipinski definition) is 3. The molecule has 5 nitrogen and oxygen atoms in total. The molecule has 1 N–H and O–H groups in total. The van der Waals surface area contributed by atoms with Crippen molar-refractivity contribution in [3.63, 3.8) is 0 Å². The molecule has 32 heavy (non-hydrogen) atoms. The van der Waals surface area contributed by atoms with Gasteiger partial charge in [-0.05, 0) is 42.3 Å². The minimum absolute atomic E-state index is 0.167. The lowest BCUT2D eigenvalue weighted by Gasteiger charge is -2.36. The summed E-state index contributed by atoms with van der Waals surface area (Å²) in [6.07, 6.45) is 0.695. The van der Waals surface area contributed by atoms with E-state index in [-0.39, 0.29) is 11.7 Å². The fraction of sp³-hybridized carbons (Fsp3) is 0.192. The molecule has 0 fully saturated rings. The van der Waals surface area contributed by atoms with Crippen LogP contribution in [0.25, 0.3) is 10.9 Å². The zero-order valence-electron chi connectivity index (χ0n) is 17.3. The Hall–Kier alpha value is -3.80. The van der Waals surface area contributed by atoms with E-state index in [0.717, 1.165) is 22.2 Å². The van der Waals surface area contributed by atoms with Gasteiger partial charge in [-0.3, -0.25) is 4.79 Å². The molecule has 0 saturated heterocycles. The molecular formula is C26H21FN2O3. The standard InChI is InChI=1S/C26H21FN2O3/c27-20-7-3-1-6-19(20)25-24-18(17-5-2-4-8-21(17)28-24)11-12-29(25)26(30)16-9-10-22-23(15-16)32-14-13-31-22/h1-10,15,25,28H,11-14H2/t25-/m1/s1. The molecule has 6 heteroatoms. The minimum atomic E-state index is -0.548. The van der Waals surface area contributed by atoms with E-state index in [1.54, 1.807) is 35.2 Å². The van der Waals surface area contributed by atoms with E-state index in [2.05, 4.69) is 11.1 Å². The van der Waals surface area contributed by atoms with Crippen LogP contribution in [0.3, 0.4) is 0 Å². The second kappa shape index (κ2) is 7.41. The second-order valence-corrected chi connectivity index (χ2v) is 8.09. The summed E-state index contributed by atoms with van der Waals surface area (Å²) in [7, 11) is 0. The van der Waals surface area contributed by atoms with Gasteiger partial charge in [-0.1, -0.05) is 36.4 Å². The third kappa shape index (κ3) is 2.94. The Kier molecular flexibility index (Phi) is 4.38. The van der Waals surface area contributed by atoms with Crippen LogP contribution >= 0.6 is 0 Å². The molecule has 0 bridgehead atoms. The smallest absolute Gasteiger partial charge is 0.254 e. The first-order chi connectivity index (χ1) is 15.7. The number of H-pyrrole nitrogens is 1. The largest absolute Gasteiger partial charge is 0.486 e. The quantitative estimate of drug-likeness (QED) is 0.496. The zero-order valence-corrected chi connectivity index (χ0v) is 17.3. The number of carbonyl (C=O) groups is 1. The van der Waals surface area contributed by atoms with Crippen molar-refractivity contribution >= 4 is 16.8 Å². The fourth-order valence-corrected chi connectivity index (χ4v) is 4.82. The van der Waals surface area contributed by atoms with E-state index in [1.165, 1.54) is 6.07 Å². The number of amides is 1. The molecular weight excluding hydrogens is 407 g/mol. The molecule has 0 unspecified atom stereocenters. The van der Waals surface area contributed by atoms with Crippen molar-refractivity contribution in [3.05, 3.63) is 94.9 Å². The number of nitrogens with one attached hydrogen (secondary N) is 1. The van der Waals surface area contributed by atoms with Crippen LogP contribution in [0.2, 0.25) is 0 Å². The van der Waals surface area contributed by atoms with Crippen molar-refractivity contribution in [2.75, 3.05) is 19.8 Å². The lowest BCUT2D eigenvalue weighted by molar-refractivity contribution is 0.0688. The number of hydrogen-bond donors (Lipinski definition) is 1. The molecule has 1 amide bonds. The van der Waals surface area contributed by atoms with Crippen LogP contribution in [-0.2, 0) is 6.42 Å². The van der Waals surface area contributed by atoms with Crippen molar-refractivity contribution in [1.29, 1.82) is 0 Å². The number of halogens is 1. The molecule has 1 atom stereocenters. The van der Waals surface area contributed by atoms with Gasteiger partial charge in [-0.2, -0.15) is 0 Å². The molecule has 0 spiro atoms. The number of fused-ring (bicyclic) bond motifs is 4. The van der Waals surface area contributed by atoms with Gasteiger partial charge in [0.25, 0.3) is 5.91 Å². The lowest BCUT2D eigenvalue weighted by Crippen LogP contribution is -2.41.